The van der Waals surface area contributed by atoms with E-state index < -0.39 is 0 Å². The van der Waals surface area contributed by atoms with Crippen molar-refractivity contribution < 1.29 is 4.79 Å². The van der Waals surface area contributed by atoms with Crippen LogP contribution < -0.4 is 5.32 Å². The summed E-state index contributed by atoms with van der Waals surface area (Å²) in [6.07, 6.45) is 2.08. The zero-order valence-corrected chi connectivity index (χ0v) is 14.2. The first-order chi connectivity index (χ1) is 10.1. The third-order valence-corrected chi connectivity index (χ3v) is 4.14. The Balaban J connectivity index is 1.93. The number of carbonyl (C=O) groups is 1. The molecule has 2 aromatic rings. The van der Waals surface area contributed by atoms with Crippen molar-refractivity contribution in [3.05, 3.63) is 63.1 Å². The minimum Gasteiger partial charge on any atom is -0.325 e. The highest BCUT2D eigenvalue weighted by molar-refractivity contribution is 9.10. The summed E-state index contributed by atoms with van der Waals surface area (Å²) in [6.45, 7) is 2.10. The van der Waals surface area contributed by atoms with Gasteiger partial charge in [-0.15, -0.1) is 0 Å². The molecule has 110 valence electrons. The Kier molecular flexibility index (Phi) is 5.83. The number of nitrogens with one attached hydrogen (secondary N) is 1. The van der Waals surface area contributed by atoms with Crippen LogP contribution >= 0.6 is 27.5 Å². The third kappa shape index (κ3) is 4.87. The predicted molar refractivity (Wildman–Crippen MR) is 91.9 cm³/mol. The first-order valence-corrected chi connectivity index (χ1v) is 8.08. The van der Waals surface area contributed by atoms with Gasteiger partial charge >= 0.3 is 0 Å². The average molecular weight is 367 g/mol. The maximum absolute atomic E-state index is 12.0. The van der Waals surface area contributed by atoms with E-state index in [1.165, 1.54) is 5.56 Å². The van der Waals surface area contributed by atoms with E-state index in [0.717, 1.165) is 22.1 Å². The van der Waals surface area contributed by atoms with Gasteiger partial charge in [0.1, 0.15) is 0 Å². The fourth-order valence-corrected chi connectivity index (χ4v) is 2.78. The monoisotopic (exact) mass is 365 g/mol. The lowest BCUT2D eigenvalue weighted by Crippen LogP contribution is -2.12. The molecule has 0 bridgehead atoms. The van der Waals surface area contributed by atoms with Crippen molar-refractivity contribution in [2.45, 2.75) is 26.2 Å². The molecule has 0 aliphatic rings. The fraction of sp³-hybridized carbons (Fsp3) is 0.235. The number of rotatable bonds is 5. The first-order valence-electron chi connectivity index (χ1n) is 6.91. The highest BCUT2D eigenvalue weighted by atomic mass is 79.9. The van der Waals surface area contributed by atoms with Crippen molar-refractivity contribution in [1.82, 2.24) is 0 Å². The van der Waals surface area contributed by atoms with Gasteiger partial charge in [-0.25, -0.2) is 0 Å². The van der Waals surface area contributed by atoms with Gasteiger partial charge in [0.15, 0.2) is 0 Å². The number of benzene rings is 2. The van der Waals surface area contributed by atoms with Gasteiger partial charge in [0.25, 0.3) is 0 Å². The molecule has 0 spiro atoms. The summed E-state index contributed by atoms with van der Waals surface area (Å²) >= 11 is 9.42. The van der Waals surface area contributed by atoms with Crippen LogP contribution in [0.25, 0.3) is 0 Å². The molecule has 0 saturated carbocycles. The highest BCUT2D eigenvalue weighted by Gasteiger charge is 2.07. The second-order valence-corrected chi connectivity index (χ2v) is 6.14. The molecular formula is C17H17BrClNO. The molecule has 0 aliphatic heterocycles. The summed E-state index contributed by atoms with van der Waals surface area (Å²) in [5.41, 5.74) is 3.11. The quantitative estimate of drug-likeness (QED) is 0.770. The van der Waals surface area contributed by atoms with Crippen LogP contribution in [0.1, 0.15) is 24.5 Å². The maximum atomic E-state index is 12.0. The minimum atomic E-state index is -0.0000704. The topological polar surface area (TPSA) is 29.1 Å². The molecule has 21 heavy (non-hydrogen) atoms. The average Bonchev–Trinajstić information content (AvgIpc) is 2.47. The normalized spacial score (nSPS) is 10.4. The summed E-state index contributed by atoms with van der Waals surface area (Å²) in [6, 6.07) is 13.6. The largest absolute Gasteiger partial charge is 0.325 e. The zero-order valence-electron chi connectivity index (χ0n) is 11.8. The molecule has 0 atom stereocenters. The lowest BCUT2D eigenvalue weighted by Gasteiger charge is -2.09. The van der Waals surface area contributed by atoms with Crippen molar-refractivity contribution >= 4 is 39.1 Å². The fourth-order valence-electron chi connectivity index (χ4n) is 2.04. The van der Waals surface area contributed by atoms with Crippen LogP contribution in [0.4, 0.5) is 5.69 Å². The van der Waals surface area contributed by atoms with Gasteiger partial charge in [0, 0.05) is 15.9 Å². The lowest BCUT2D eigenvalue weighted by atomic mass is 10.1. The molecule has 2 rings (SSSR count). The van der Waals surface area contributed by atoms with Crippen LogP contribution in [0.5, 0.6) is 0 Å². The second kappa shape index (κ2) is 7.62. The number of anilines is 1. The smallest absolute Gasteiger partial charge is 0.224 e. The predicted octanol–water partition coefficient (Wildman–Crippen LogP) is 5.24. The van der Waals surface area contributed by atoms with E-state index in [1.54, 1.807) is 0 Å². The number of carbonyl (C=O) groups excluding carboxylic acids is 1. The number of amides is 1. The van der Waals surface area contributed by atoms with Gasteiger partial charge < -0.3 is 5.32 Å². The van der Waals surface area contributed by atoms with E-state index in [0.29, 0.717) is 17.9 Å². The van der Waals surface area contributed by atoms with Crippen LogP contribution in [-0.4, -0.2) is 5.91 Å². The van der Waals surface area contributed by atoms with E-state index >= 15 is 0 Å². The molecule has 0 aromatic heterocycles. The summed E-state index contributed by atoms with van der Waals surface area (Å²) in [5.74, 6) is -0.0000704. The van der Waals surface area contributed by atoms with Crippen molar-refractivity contribution in [3.8, 4) is 0 Å². The van der Waals surface area contributed by atoms with E-state index in [4.69, 9.17) is 11.6 Å². The molecule has 1 amide bonds. The van der Waals surface area contributed by atoms with Gasteiger partial charge in [-0.1, -0.05) is 36.7 Å². The molecule has 1 N–H and O–H groups in total. The highest BCUT2D eigenvalue weighted by Crippen LogP contribution is 2.24. The SMILES string of the molecule is CCc1ccc(NC(=O)CCc2cccc(Cl)c2)c(Br)c1. The molecule has 0 fully saturated rings. The van der Waals surface area contributed by atoms with E-state index in [-0.39, 0.29) is 5.91 Å². The number of halogens is 2. The van der Waals surface area contributed by atoms with Crippen molar-refractivity contribution in [3.63, 3.8) is 0 Å². The molecule has 2 aromatic carbocycles. The van der Waals surface area contributed by atoms with Gasteiger partial charge in [0.05, 0.1) is 5.69 Å². The number of aryl methyl sites for hydroxylation is 2. The Morgan fingerprint density at radius 2 is 2.00 bits per heavy atom. The van der Waals surface area contributed by atoms with Gasteiger partial charge in [-0.3, -0.25) is 4.79 Å². The standard InChI is InChI=1S/C17H17BrClNO/c1-2-12-6-8-16(15(18)11-12)20-17(21)9-7-13-4-3-5-14(19)10-13/h3-6,8,10-11H,2,7,9H2,1H3,(H,20,21). The summed E-state index contributed by atoms with van der Waals surface area (Å²) in [4.78, 5) is 12.0. The zero-order chi connectivity index (χ0) is 15.2. The van der Waals surface area contributed by atoms with Crippen LogP contribution in [0, 0.1) is 0 Å². The van der Waals surface area contributed by atoms with Gasteiger partial charge in [-0.05, 0) is 64.2 Å². The van der Waals surface area contributed by atoms with Crippen LogP contribution in [0.2, 0.25) is 5.02 Å². The van der Waals surface area contributed by atoms with Crippen molar-refractivity contribution in [2.75, 3.05) is 5.32 Å². The molecule has 2 nitrogen and oxygen atoms in total. The van der Waals surface area contributed by atoms with Crippen LogP contribution in [-0.2, 0) is 17.6 Å². The van der Waals surface area contributed by atoms with Crippen LogP contribution in [0.15, 0.2) is 46.9 Å². The second-order valence-electron chi connectivity index (χ2n) is 4.85. The summed E-state index contributed by atoms with van der Waals surface area (Å²) < 4.78 is 0.915. The first kappa shape index (κ1) is 16.1. The lowest BCUT2D eigenvalue weighted by molar-refractivity contribution is -0.116. The third-order valence-electron chi connectivity index (χ3n) is 3.25. The molecule has 0 heterocycles. The molecule has 0 aliphatic carbocycles. The van der Waals surface area contributed by atoms with Crippen LogP contribution in [0.3, 0.4) is 0 Å². The van der Waals surface area contributed by atoms with Crippen molar-refractivity contribution in [1.29, 1.82) is 0 Å². The molecule has 0 radical (unpaired) electrons. The maximum Gasteiger partial charge on any atom is 0.224 e. The molecular weight excluding hydrogens is 350 g/mol. The van der Waals surface area contributed by atoms with Gasteiger partial charge in [0.2, 0.25) is 5.91 Å². The van der Waals surface area contributed by atoms with Gasteiger partial charge in [-0.2, -0.15) is 0 Å². The Bertz CT molecular complexity index is 642. The summed E-state index contributed by atoms with van der Waals surface area (Å²) in [5, 5.41) is 3.63. The molecule has 0 unspecified atom stereocenters. The Morgan fingerprint density at radius 3 is 2.67 bits per heavy atom. The molecule has 0 saturated heterocycles. The number of hydrogen-bond acceptors (Lipinski definition) is 1. The Morgan fingerprint density at radius 1 is 1.19 bits per heavy atom. The number of hydrogen-bond donors (Lipinski definition) is 1. The Labute approximate surface area is 138 Å². The Hall–Kier alpha value is -1.32. The molecule has 4 heteroatoms. The van der Waals surface area contributed by atoms with E-state index in [2.05, 4.69) is 28.2 Å². The van der Waals surface area contributed by atoms with E-state index in [1.807, 2.05) is 42.5 Å². The summed E-state index contributed by atoms with van der Waals surface area (Å²) in [7, 11) is 0. The van der Waals surface area contributed by atoms with Crippen molar-refractivity contribution in [2.24, 2.45) is 0 Å². The minimum absolute atomic E-state index is 0.0000704. The van der Waals surface area contributed by atoms with E-state index in [9.17, 15) is 4.79 Å².